The van der Waals surface area contributed by atoms with Crippen molar-refractivity contribution in [3.63, 3.8) is 0 Å². The average Bonchev–Trinajstić information content (AvgIpc) is 3.15. The summed E-state index contributed by atoms with van der Waals surface area (Å²) in [6, 6.07) is 24.2. The Labute approximate surface area is 303 Å². The van der Waals surface area contributed by atoms with E-state index in [1.54, 1.807) is 0 Å². The molecule has 3 aromatic carbocycles. The van der Waals surface area contributed by atoms with E-state index in [-0.39, 0.29) is 11.3 Å². The molecule has 5 rings (SSSR count). The van der Waals surface area contributed by atoms with Crippen LogP contribution in [0.2, 0.25) is 0 Å². The number of carbonyl (C=O) groups excluding carboxylic acids is 1. The van der Waals surface area contributed by atoms with Crippen molar-refractivity contribution in [3.05, 3.63) is 77.9 Å². The van der Waals surface area contributed by atoms with Crippen molar-refractivity contribution in [3.8, 4) is 0 Å². The summed E-state index contributed by atoms with van der Waals surface area (Å²) in [4.78, 5) is 19.8. The standard InChI is InChI=1S/C45H66N4O/c1-4-7-29-45(30-8-5-2,31-9-6-3)38-21-18-26-41(34-38)46-43(50)42(33-35-27-28-36-19-16-17-20-37(36)32-35)49-44(47-39-22-12-10-13-23-39)48-40-24-14-11-15-25-40/h16-21,26-28,32,34,39-40,42H,4-15,22-25,29-31,33H2,1-3H3,(H,46,50)(H2,47,48,49). The number of hydrogen-bond acceptors (Lipinski definition) is 2. The van der Waals surface area contributed by atoms with Gasteiger partial charge in [0, 0.05) is 18.2 Å². The van der Waals surface area contributed by atoms with E-state index < -0.39 is 6.04 Å². The van der Waals surface area contributed by atoms with Gasteiger partial charge in [0.1, 0.15) is 6.04 Å². The topological polar surface area (TPSA) is 65.5 Å². The number of hydrogen-bond donors (Lipinski definition) is 3. The number of benzene rings is 3. The fraction of sp³-hybridized carbons (Fsp3) is 0.600. The summed E-state index contributed by atoms with van der Waals surface area (Å²) in [7, 11) is 0. The molecule has 1 unspecified atom stereocenters. The predicted molar refractivity (Wildman–Crippen MR) is 214 cm³/mol. The van der Waals surface area contributed by atoms with Gasteiger partial charge < -0.3 is 16.0 Å². The van der Waals surface area contributed by atoms with Crippen molar-refractivity contribution in [2.24, 2.45) is 4.99 Å². The minimum absolute atomic E-state index is 0.00151. The lowest BCUT2D eigenvalue weighted by Crippen LogP contribution is -2.53. The van der Waals surface area contributed by atoms with Gasteiger partial charge in [-0.2, -0.15) is 0 Å². The Hall–Kier alpha value is -3.34. The maximum Gasteiger partial charge on any atom is 0.247 e. The highest BCUT2D eigenvalue weighted by atomic mass is 16.2. The van der Waals surface area contributed by atoms with Gasteiger partial charge in [0.15, 0.2) is 5.96 Å². The number of carbonyl (C=O) groups is 1. The van der Waals surface area contributed by atoms with Crippen LogP contribution in [0.15, 0.2) is 71.7 Å². The van der Waals surface area contributed by atoms with Gasteiger partial charge in [0.05, 0.1) is 6.04 Å². The van der Waals surface area contributed by atoms with Crippen molar-refractivity contribution in [2.75, 3.05) is 5.32 Å². The number of fused-ring (bicyclic) bond motifs is 1. The lowest BCUT2D eigenvalue weighted by molar-refractivity contribution is -0.117. The number of guanidine groups is 1. The number of aliphatic imine (C=N–C) groups is 1. The van der Waals surface area contributed by atoms with Crippen molar-refractivity contribution < 1.29 is 4.79 Å². The summed E-state index contributed by atoms with van der Waals surface area (Å²) >= 11 is 0. The minimum atomic E-state index is -0.469. The molecule has 5 nitrogen and oxygen atoms in total. The van der Waals surface area contributed by atoms with E-state index >= 15 is 0 Å². The first kappa shape index (κ1) is 37.9. The molecule has 2 aliphatic rings. The molecule has 0 saturated heterocycles. The number of amides is 1. The van der Waals surface area contributed by atoms with E-state index in [2.05, 4.69) is 103 Å². The summed E-state index contributed by atoms with van der Waals surface area (Å²) in [5.74, 6) is 0.814. The molecule has 0 bridgehead atoms. The van der Waals surface area contributed by atoms with Crippen LogP contribution in [0.3, 0.4) is 0 Å². The van der Waals surface area contributed by atoms with Gasteiger partial charge in [-0.1, -0.05) is 152 Å². The fourth-order valence-corrected chi connectivity index (χ4v) is 8.43. The van der Waals surface area contributed by atoms with Gasteiger partial charge in [-0.3, -0.25) is 4.79 Å². The first-order valence-corrected chi connectivity index (χ1v) is 20.5. The van der Waals surface area contributed by atoms with E-state index in [9.17, 15) is 4.79 Å². The van der Waals surface area contributed by atoms with Crippen molar-refractivity contribution in [1.29, 1.82) is 0 Å². The summed E-state index contributed by atoms with van der Waals surface area (Å²) < 4.78 is 0. The van der Waals surface area contributed by atoms with E-state index in [0.29, 0.717) is 18.5 Å². The number of nitrogens with one attached hydrogen (secondary N) is 3. The molecule has 1 amide bonds. The summed E-state index contributed by atoms with van der Waals surface area (Å²) in [6.07, 6.45) is 23.7. The van der Waals surface area contributed by atoms with E-state index in [4.69, 9.17) is 4.99 Å². The maximum absolute atomic E-state index is 14.5. The summed E-state index contributed by atoms with van der Waals surface area (Å²) in [5, 5.41) is 13.4. The van der Waals surface area contributed by atoms with Crippen LogP contribution in [-0.4, -0.2) is 30.0 Å². The number of anilines is 1. The van der Waals surface area contributed by atoms with Gasteiger partial charge >= 0.3 is 0 Å². The van der Waals surface area contributed by atoms with Crippen molar-refractivity contribution in [1.82, 2.24) is 10.6 Å². The molecule has 50 heavy (non-hydrogen) atoms. The normalized spacial score (nSPS) is 17.1. The highest BCUT2D eigenvalue weighted by molar-refractivity contribution is 5.98. The number of nitrogens with zero attached hydrogens (tertiary/aromatic N) is 1. The molecule has 3 N–H and O–H groups in total. The Morgan fingerprint density at radius 3 is 2.04 bits per heavy atom. The Morgan fingerprint density at radius 2 is 1.38 bits per heavy atom. The zero-order chi connectivity index (χ0) is 35.0. The number of unbranched alkanes of at least 4 members (excludes halogenated alkanes) is 3. The van der Waals surface area contributed by atoms with E-state index in [1.807, 2.05) is 0 Å². The molecule has 3 aromatic rings. The van der Waals surface area contributed by atoms with Crippen LogP contribution in [0.5, 0.6) is 0 Å². The van der Waals surface area contributed by atoms with Crippen LogP contribution < -0.4 is 16.0 Å². The van der Waals surface area contributed by atoms with Crippen LogP contribution >= 0.6 is 0 Å². The molecule has 0 heterocycles. The molecular weight excluding hydrogens is 613 g/mol. The highest BCUT2D eigenvalue weighted by Crippen LogP contribution is 2.41. The van der Waals surface area contributed by atoms with Gasteiger partial charge in [0.2, 0.25) is 5.91 Å². The quantitative estimate of drug-likeness (QED) is 0.0983. The van der Waals surface area contributed by atoms with Gasteiger partial charge in [-0.15, -0.1) is 0 Å². The zero-order valence-electron chi connectivity index (χ0n) is 31.6. The second-order valence-corrected chi connectivity index (χ2v) is 15.5. The Bertz CT molecular complexity index is 1460. The Balaban J connectivity index is 1.44. The third-order valence-corrected chi connectivity index (χ3v) is 11.5. The third kappa shape index (κ3) is 11.1. The van der Waals surface area contributed by atoms with Crippen molar-refractivity contribution in [2.45, 2.75) is 173 Å². The second kappa shape index (κ2) is 19.9. The molecule has 5 heteroatoms. The van der Waals surface area contributed by atoms with Crippen LogP contribution in [0.25, 0.3) is 10.8 Å². The lowest BCUT2D eigenvalue weighted by Gasteiger charge is -2.35. The highest BCUT2D eigenvalue weighted by Gasteiger charge is 2.31. The van der Waals surface area contributed by atoms with Crippen LogP contribution in [0.4, 0.5) is 5.69 Å². The lowest BCUT2D eigenvalue weighted by atomic mass is 9.69. The minimum Gasteiger partial charge on any atom is -0.354 e. The smallest absolute Gasteiger partial charge is 0.247 e. The fourth-order valence-electron chi connectivity index (χ4n) is 8.43. The molecule has 2 fully saturated rings. The maximum atomic E-state index is 14.5. The second-order valence-electron chi connectivity index (χ2n) is 15.5. The first-order valence-electron chi connectivity index (χ1n) is 20.5. The Kier molecular flexibility index (Phi) is 15.1. The molecule has 272 valence electrons. The molecule has 2 saturated carbocycles. The zero-order valence-corrected chi connectivity index (χ0v) is 31.6. The van der Waals surface area contributed by atoms with Crippen molar-refractivity contribution >= 4 is 28.3 Å². The molecule has 0 spiro atoms. The average molecular weight is 679 g/mol. The van der Waals surface area contributed by atoms with E-state index in [0.717, 1.165) is 42.9 Å². The van der Waals surface area contributed by atoms with Gasteiger partial charge in [-0.05, 0) is 84.4 Å². The van der Waals surface area contributed by atoms with E-state index in [1.165, 1.54) is 113 Å². The molecule has 0 aliphatic heterocycles. The van der Waals surface area contributed by atoms with Crippen LogP contribution in [0, 0.1) is 0 Å². The molecule has 0 radical (unpaired) electrons. The molecular formula is C45H66N4O. The largest absolute Gasteiger partial charge is 0.354 e. The first-order chi connectivity index (χ1) is 24.5. The summed E-state index contributed by atoms with van der Waals surface area (Å²) in [6.45, 7) is 6.91. The molecule has 2 aliphatic carbocycles. The third-order valence-electron chi connectivity index (χ3n) is 11.5. The van der Waals surface area contributed by atoms with Crippen LogP contribution in [-0.2, 0) is 16.6 Å². The monoisotopic (exact) mass is 679 g/mol. The van der Waals surface area contributed by atoms with Crippen LogP contribution in [0.1, 0.15) is 154 Å². The van der Waals surface area contributed by atoms with Gasteiger partial charge in [0.25, 0.3) is 0 Å². The predicted octanol–water partition coefficient (Wildman–Crippen LogP) is 11.4. The van der Waals surface area contributed by atoms with Gasteiger partial charge in [-0.25, -0.2) is 4.99 Å². The molecule has 1 atom stereocenters. The SMILES string of the molecule is CCCCC(CCCC)(CCCC)c1cccc(NC(=O)C(Cc2ccc3ccccc3c2)NC(=NC2CCCCC2)NC2CCCCC2)c1. The summed E-state index contributed by atoms with van der Waals surface area (Å²) in [5.41, 5.74) is 3.60. The Morgan fingerprint density at radius 1 is 0.740 bits per heavy atom. The number of rotatable bonds is 17. The molecule has 0 aromatic heterocycles.